The average Bonchev–Trinajstić information content (AvgIpc) is 2.26. The molecular weight excluding hydrogens is 206 g/mol. The summed E-state index contributed by atoms with van der Waals surface area (Å²) in [7, 11) is 0. The van der Waals surface area contributed by atoms with Crippen molar-refractivity contribution in [1.82, 2.24) is 10.2 Å². The van der Waals surface area contributed by atoms with Gasteiger partial charge >= 0.3 is 6.03 Å². The van der Waals surface area contributed by atoms with Gasteiger partial charge in [-0.3, -0.25) is 4.79 Å². The molecule has 0 spiro atoms. The predicted molar refractivity (Wildman–Crippen MR) is 61.7 cm³/mol. The van der Waals surface area contributed by atoms with Gasteiger partial charge < -0.3 is 16.0 Å². The molecular formula is C11H19N3O2. The van der Waals surface area contributed by atoms with Crippen LogP contribution in [0.3, 0.4) is 0 Å². The number of hydrogen-bond acceptors (Lipinski definition) is 2. The second kappa shape index (κ2) is 6.15. The lowest BCUT2D eigenvalue weighted by molar-refractivity contribution is -0.119. The van der Waals surface area contributed by atoms with E-state index in [2.05, 4.69) is 11.9 Å². The van der Waals surface area contributed by atoms with Gasteiger partial charge in [-0.25, -0.2) is 4.79 Å². The van der Waals surface area contributed by atoms with Crippen LogP contribution in [0.5, 0.6) is 0 Å². The number of carbonyl (C=O) groups excluding carboxylic acids is 2. The second-order valence-electron chi connectivity index (χ2n) is 4.08. The Hall–Kier alpha value is -1.52. The highest BCUT2D eigenvalue weighted by atomic mass is 16.2. The summed E-state index contributed by atoms with van der Waals surface area (Å²) in [5, 5.41) is 2.73. The molecule has 0 bridgehead atoms. The van der Waals surface area contributed by atoms with Crippen LogP contribution in [0.4, 0.5) is 4.79 Å². The van der Waals surface area contributed by atoms with Crippen molar-refractivity contribution in [3.8, 4) is 0 Å². The zero-order valence-electron chi connectivity index (χ0n) is 9.45. The van der Waals surface area contributed by atoms with E-state index in [0.29, 0.717) is 32.0 Å². The topological polar surface area (TPSA) is 75.4 Å². The Balaban J connectivity index is 2.28. The van der Waals surface area contributed by atoms with E-state index in [1.54, 1.807) is 11.0 Å². The lowest BCUT2D eigenvalue weighted by Gasteiger charge is -2.31. The van der Waals surface area contributed by atoms with Crippen LogP contribution in [0.1, 0.15) is 19.3 Å². The third-order valence-corrected chi connectivity index (χ3v) is 2.79. The van der Waals surface area contributed by atoms with E-state index in [4.69, 9.17) is 5.73 Å². The van der Waals surface area contributed by atoms with Crippen LogP contribution >= 0.6 is 0 Å². The summed E-state index contributed by atoms with van der Waals surface area (Å²) >= 11 is 0. The van der Waals surface area contributed by atoms with Crippen molar-refractivity contribution in [3.05, 3.63) is 12.7 Å². The Kier molecular flexibility index (Phi) is 4.82. The fraction of sp³-hybridized carbons (Fsp3) is 0.636. The molecule has 1 heterocycles. The maximum Gasteiger partial charge on any atom is 0.317 e. The first kappa shape index (κ1) is 12.5. The first-order valence-electron chi connectivity index (χ1n) is 5.55. The predicted octanol–water partition coefficient (Wildman–Crippen LogP) is 0.469. The Labute approximate surface area is 95.7 Å². The smallest absolute Gasteiger partial charge is 0.317 e. The van der Waals surface area contributed by atoms with E-state index in [1.807, 2.05) is 0 Å². The number of hydrogen-bond donors (Lipinski definition) is 2. The van der Waals surface area contributed by atoms with Crippen molar-refractivity contribution in [3.63, 3.8) is 0 Å². The van der Waals surface area contributed by atoms with E-state index in [9.17, 15) is 9.59 Å². The van der Waals surface area contributed by atoms with Crippen molar-refractivity contribution in [2.75, 3.05) is 19.6 Å². The Bertz CT molecular complexity index is 270. The number of likely N-dealkylation sites (tertiary alicyclic amines) is 1. The molecule has 5 nitrogen and oxygen atoms in total. The van der Waals surface area contributed by atoms with E-state index < -0.39 is 0 Å². The molecule has 0 radical (unpaired) electrons. The minimum atomic E-state index is -0.255. The molecule has 1 saturated heterocycles. The van der Waals surface area contributed by atoms with Crippen LogP contribution in [-0.2, 0) is 4.79 Å². The zero-order chi connectivity index (χ0) is 12.0. The average molecular weight is 225 g/mol. The maximum atomic E-state index is 11.6. The van der Waals surface area contributed by atoms with Crippen molar-refractivity contribution in [2.24, 2.45) is 11.7 Å². The number of carbonyl (C=O) groups is 2. The summed E-state index contributed by atoms with van der Waals surface area (Å²) in [5.41, 5.74) is 5.14. The molecule has 0 atom stereocenters. The van der Waals surface area contributed by atoms with E-state index in [0.717, 1.165) is 12.8 Å². The third-order valence-electron chi connectivity index (χ3n) is 2.79. The number of piperidine rings is 1. The highest BCUT2D eigenvalue weighted by Gasteiger charge is 2.23. The third kappa shape index (κ3) is 3.92. The molecule has 90 valence electrons. The molecule has 3 amide bonds. The van der Waals surface area contributed by atoms with Gasteiger partial charge in [-0.2, -0.15) is 0 Å². The molecule has 1 aliphatic rings. The van der Waals surface area contributed by atoms with Crippen LogP contribution in [0, 0.1) is 5.92 Å². The molecule has 0 aromatic rings. The van der Waals surface area contributed by atoms with Crippen molar-refractivity contribution >= 4 is 11.9 Å². The zero-order valence-corrected chi connectivity index (χ0v) is 9.45. The van der Waals surface area contributed by atoms with E-state index in [1.165, 1.54) is 0 Å². The number of nitrogens with two attached hydrogens (primary N) is 1. The van der Waals surface area contributed by atoms with Gasteiger partial charge in [-0.05, 0) is 18.8 Å². The minimum absolute atomic E-state index is 0.0579. The standard InChI is InChI=1S/C11H19N3O2/c1-2-5-13-11(16)14-6-3-9(4-7-14)8-10(12)15/h2,9H,1,3-8H2,(H2,12,15)(H,13,16). The first-order chi connectivity index (χ1) is 7.63. The van der Waals surface area contributed by atoms with Crippen LogP contribution in [-0.4, -0.2) is 36.5 Å². The summed E-state index contributed by atoms with van der Waals surface area (Å²) in [6, 6.07) is -0.0579. The fourth-order valence-corrected chi connectivity index (χ4v) is 1.90. The lowest BCUT2D eigenvalue weighted by Crippen LogP contribution is -2.44. The molecule has 3 N–H and O–H groups in total. The fourth-order valence-electron chi connectivity index (χ4n) is 1.90. The molecule has 0 aromatic heterocycles. The number of rotatable bonds is 4. The molecule has 1 fully saturated rings. The van der Waals surface area contributed by atoms with Crippen molar-refractivity contribution < 1.29 is 9.59 Å². The summed E-state index contributed by atoms with van der Waals surface area (Å²) < 4.78 is 0. The van der Waals surface area contributed by atoms with Gasteiger partial charge in [0.1, 0.15) is 0 Å². The molecule has 1 aliphatic heterocycles. The second-order valence-corrected chi connectivity index (χ2v) is 4.08. The quantitative estimate of drug-likeness (QED) is 0.682. The van der Waals surface area contributed by atoms with Gasteiger partial charge in [0.25, 0.3) is 0 Å². The monoisotopic (exact) mass is 225 g/mol. The summed E-state index contributed by atoms with van der Waals surface area (Å²) in [4.78, 5) is 24.1. The maximum absolute atomic E-state index is 11.6. The molecule has 0 unspecified atom stereocenters. The molecule has 16 heavy (non-hydrogen) atoms. The van der Waals surface area contributed by atoms with Crippen molar-refractivity contribution in [1.29, 1.82) is 0 Å². The Morgan fingerprint density at radius 1 is 1.44 bits per heavy atom. The van der Waals surface area contributed by atoms with Crippen molar-refractivity contribution in [2.45, 2.75) is 19.3 Å². The first-order valence-corrected chi connectivity index (χ1v) is 5.55. The van der Waals surface area contributed by atoms with Crippen LogP contribution in [0.2, 0.25) is 0 Å². The molecule has 0 aromatic carbocycles. The van der Waals surface area contributed by atoms with Gasteiger partial charge in [-0.1, -0.05) is 6.08 Å². The largest absolute Gasteiger partial charge is 0.370 e. The number of urea groups is 1. The summed E-state index contributed by atoms with van der Waals surface area (Å²) in [5.74, 6) is 0.0792. The van der Waals surface area contributed by atoms with Gasteiger partial charge in [0.15, 0.2) is 0 Å². The number of amides is 3. The number of primary amides is 1. The Morgan fingerprint density at radius 3 is 2.56 bits per heavy atom. The van der Waals surface area contributed by atoms with Crippen LogP contribution in [0.25, 0.3) is 0 Å². The molecule has 0 aliphatic carbocycles. The lowest BCUT2D eigenvalue weighted by atomic mass is 9.93. The van der Waals surface area contributed by atoms with E-state index >= 15 is 0 Å². The van der Waals surface area contributed by atoms with Gasteiger partial charge in [0.2, 0.25) is 5.91 Å². The molecule has 0 saturated carbocycles. The highest BCUT2D eigenvalue weighted by molar-refractivity contribution is 5.75. The van der Waals surface area contributed by atoms with E-state index in [-0.39, 0.29) is 11.9 Å². The minimum Gasteiger partial charge on any atom is -0.370 e. The normalized spacial score (nSPS) is 16.9. The van der Waals surface area contributed by atoms with Crippen LogP contribution < -0.4 is 11.1 Å². The number of nitrogens with zero attached hydrogens (tertiary/aromatic N) is 1. The summed E-state index contributed by atoms with van der Waals surface area (Å²) in [6.45, 7) is 5.41. The van der Waals surface area contributed by atoms with Crippen LogP contribution in [0.15, 0.2) is 12.7 Å². The molecule has 1 rings (SSSR count). The van der Waals surface area contributed by atoms with Gasteiger partial charge in [0, 0.05) is 26.1 Å². The highest BCUT2D eigenvalue weighted by Crippen LogP contribution is 2.19. The summed E-state index contributed by atoms with van der Waals surface area (Å²) in [6.07, 6.45) is 3.79. The SMILES string of the molecule is C=CCNC(=O)N1CCC(CC(N)=O)CC1. The Morgan fingerprint density at radius 2 is 2.06 bits per heavy atom. The van der Waals surface area contributed by atoms with Gasteiger partial charge in [0.05, 0.1) is 0 Å². The van der Waals surface area contributed by atoms with Gasteiger partial charge in [-0.15, -0.1) is 6.58 Å². The number of nitrogens with one attached hydrogen (secondary N) is 1. The molecule has 5 heteroatoms.